The van der Waals surface area contributed by atoms with Crippen LogP contribution < -0.4 is 20.3 Å². The fraction of sp³-hybridized carbons (Fsp3) is 0.261. The molecule has 3 aromatic rings. The van der Waals surface area contributed by atoms with E-state index >= 15 is 0 Å². The number of nitrogens with zero attached hydrogens (tertiary/aromatic N) is 3. The van der Waals surface area contributed by atoms with E-state index in [1.54, 1.807) is 36.4 Å². The highest BCUT2D eigenvalue weighted by Gasteiger charge is 2.38. The normalized spacial score (nSPS) is 13.7. The van der Waals surface area contributed by atoms with E-state index in [4.69, 9.17) is 26.2 Å². The van der Waals surface area contributed by atoms with Gasteiger partial charge in [0, 0.05) is 29.9 Å². The average molecular weight is 589 g/mol. The van der Waals surface area contributed by atoms with Gasteiger partial charge in [-0.1, -0.05) is 11.6 Å². The Hall–Kier alpha value is -3.66. The van der Waals surface area contributed by atoms with E-state index in [2.05, 4.69) is 30.2 Å². The van der Waals surface area contributed by atoms with Crippen LogP contribution in [0.1, 0.15) is 0 Å². The van der Waals surface area contributed by atoms with Gasteiger partial charge in [0.2, 0.25) is 10.0 Å². The Morgan fingerprint density at radius 2 is 1.62 bits per heavy atom. The summed E-state index contributed by atoms with van der Waals surface area (Å²) in [7, 11) is -2.22. The zero-order chi connectivity index (χ0) is 28.6. The smallest absolute Gasteiger partial charge is 0.475 e. The van der Waals surface area contributed by atoms with Crippen molar-refractivity contribution in [1.29, 1.82) is 0 Å². The summed E-state index contributed by atoms with van der Waals surface area (Å²) in [5, 5.41) is 14.2. The first kappa shape index (κ1) is 29.9. The number of carbonyl (C=O) groups is 1. The van der Waals surface area contributed by atoms with Crippen LogP contribution >= 0.6 is 11.6 Å². The molecule has 4 N–H and O–H groups in total. The van der Waals surface area contributed by atoms with E-state index in [9.17, 15) is 21.6 Å². The number of sulfonamides is 1. The Balaban J connectivity index is 0.000000532. The maximum Gasteiger partial charge on any atom is 0.490 e. The largest absolute Gasteiger partial charge is 0.490 e. The molecular weight excluding hydrogens is 565 g/mol. The monoisotopic (exact) mass is 588 g/mol. The van der Waals surface area contributed by atoms with Crippen LogP contribution in [0.5, 0.6) is 0 Å². The van der Waals surface area contributed by atoms with Gasteiger partial charge in [-0.05, 0) is 49.5 Å². The topological polar surface area (TPSA) is 146 Å². The van der Waals surface area contributed by atoms with Gasteiger partial charge in [-0.3, -0.25) is 0 Å². The summed E-state index contributed by atoms with van der Waals surface area (Å²) < 4.78 is 64.3. The van der Waals surface area contributed by atoms with Crippen molar-refractivity contribution in [3.8, 4) is 0 Å². The second-order valence-corrected chi connectivity index (χ2v) is 10.2. The average Bonchev–Trinajstić information content (AvgIpc) is 2.90. The number of alkyl halides is 3. The fourth-order valence-electron chi connectivity index (χ4n) is 3.29. The molecule has 1 aliphatic heterocycles. The SMILES string of the molecule is CNS(=O)(=O)c1ccc(N2CCOCC2)c(Nc2cc(Nc3ccc(Cl)cc3)ncn2)c1.O=C(O)C(F)(F)F. The van der Waals surface area contributed by atoms with Gasteiger partial charge in [0.05, 0.1) is 29.5 Å². The van der Waals surface area contributed by atoms with Gasteiger partial charge in [0.1, 0.15) is 18.0 Å². The van der Waals surface area contributed by atoms with Crippen LogP contribution in [0.25, 0.3) is 0 Å². The van der Waals surface area contributed by atoms with E-state index in [1.807, 2.05) is 12.1 Å². The molecule has 16 heteroatoms. The predicted octanol–water partition coefficient (Wildman–Crippen LogP) is 4.00. The first-order chi connectivity index (χ1) is 18.4. The number of anilines is 5. The van der Waals surface area contributed by atoms with Crippen molar-refractivity contribution in [2.45, 2.75) is 11.1 Å². The van der Waals surface area contributed by atoms with Gasteiger partial charge in [0.25, 0.3) is 0 Å². The lowest BCUT2D eigenvalue weighted by molar-refractivity contribution is -0.192. The molecule has 0 aliphatic carbocycles. The molecular formula is C23H24ClF3N6O5S. The Morgan fingerprint density at radius 1 is 1.03 bits per heavy atom. The number of halogens is 4. The lowest BCUT2D eigenvalue weighted by atomic mass is 10.2. The minimum atomic E-state index is -5.08. The van der Waals surface area contributed by atoms with E-state index in [-0.39, 0.29) is 4.90 Å². The van der Waals surface area contributed by atoms with Crippen molar-refractivity contribution in [1.82, 2.24) is 14.7 Å². The molecule has 4 rings (SSSR count). The molecule has 0 atom stereocenters. The molecule has 1 aromatic heterocycles. The van der Waals surface area contributed by atoms with Crippen molar-refractivity contribution in [3.63, 3.8) is 0 Å². The number of ether oxygens (including phenoxy) is 1. The number of aliphatic carboxylic acids is 1. The van der Waals surface area contributed by atoms with Gasteiger partial charge in [-0.2, -0.15) is 13.2 Å². The van der Waals surface area contributed by atoms with E-state index in [0.29, 0.717) is 48.6 Å². The molecule has 1 aliphatic rings. The van der Waals surface area contributed by atoms with Crippen LogP contribution in [-0.2, 0) is 19.6 Å². The molecule has 0 unspecified atom stereocenters. The highest BCUT2D eigenvalue weighted by Crippen LogP contribution is 2.32. The highest BCUT2D eigenvalue weighted by molar-refractivity contribution is 7.89. The van der Waals surface area contributed by atoms with Gasteiger partial charge >= 0.3 is 12.1 Å². The first-order valence-corrected chi connectivity index (χ1v) is 13.1. The number of nitrogens with one attached hydrogen (secondary N) is 3. The number of carboxylic acid groups (broad SMARTS) is 1. The number of morpholine rings is 1. The van der Waals surface area contributed by atoms with Crippen LogP contribution in [0.3, 0.4) is 0 Å². The third-order valence-corrected chi connectivity index (χ3v) is 6.85. The van der Waals surface area contributed by atoms with Gasteiger partial charge in [-0.15, -0.1) is 0 Å². The minimum absolute atomic E-state index is 0.160. The molecule has 2 aromatic carbocycles. The van der Waals surface area contributed by atoms with Gasteiger partial charge in [0.15, 0.2) is 0 Å². The molecule has 11 nitrogen and oxygen atoms in total. The maximum absolute atomic E-state index is 12.4. The molecule has 2 heterocycles. The lowest BCUT2D eigenvalue weighted by Gasteiger charge is -2.31. The van der Waals surface area contributed by atoms with Crippen molar-refractivity contribution in [2.75, 3.05) is 48.9 Å². The molecule has 0 radical (unpaired) electrons. The molecule has 39 heavy (non-hydrogen) atoms. The standard InChI is InChI=1S/C21H23ClN6O3S.C2HF3O2/c1-23-32(29,30)17-6-7-19(28-8-10-31-11-9-28)18(12-17)27-21-13-20(24-14-25-21)26-16-4-2-15(22)3-5-16;3-2(4,5)1(6)7/h2-7,12-14,23H,8-11H2,1H3,(H2,24,25,26,27);(H,6,7). The molecule has 210 valence electrons. The van der Waals surface area contributed by atoms with E-state index in [1.165, 1.54) is 13.4 Å². The summed E-state index contributed by atoms with van der Waals surface area (Å²) >= 11 is 5.94. The van der Waals surface area contributed by atoms with Crippen LogP contribution in [0.2, 0.25) is 5.02 Å². The predicted molar refractivity (Wildman–Crippen MR) is 139 cm³/mol. The summed E-state index contributed by atoms with van der Waals surface area (Å²) in [5.41, 5.74) is 2.32. The summed E-state index contributed by atoms with van der Waals surface area (Å²) in [6, 6.07) is 14.0. The zero-order valence-electron chi connectivity index (χ0n) is 20.4. The number of aromatic nitrogens is 2. The third-order valence-electron chi connectivity index (χ3n) is 5.19. The van der Waals surface area contributed by atoms with Crippen molar-refractivity contribution >= 4 is 56.3 Å². The molecule has 0 saturated carbocycles. The fourth-order valence-corrected chi connectivity index (χ4v) is 4.18. The van der Waals surface area contributed by atoms with Crippen LogP contribution in [-0.4, -0.2) is 69.0 Å². The number of benzene rings is 2. The summed E-state index contributed by atoms with van der Waals surface area (Å²) in [6.45, 7) is 2.64. The molecule has 1 fully saturated rings. The Labute approximate surface area is 227 Å². The Kier molecular flexibility index (Phi) is 9.91. The van der Waals surface area contributed by atoms with E-state index in [0.717, 1.165) is 11.4 Å². The lowest BCUT2D eigenvalue weighted by Crippen LogP contribution is -2.36. The molecule has 0 spiro atoms. The number of hydrogen-bond acceptors (Lipinski definition) is 9. The van der Waals surface area contributed by atoms with Gasteiger partial charge in [-0.25, -0.2) is 27.9 Å². The first-order valence-electron chi connectivity index (χ1n) is 11.2. The van der Waals surface area contributed by atoms with Gasteiger partial charge < -0.3 is 25.4 Å². The number of hydrogen-bond donors (Lipinski definition) is 4. The number of rotatable bonds is 7. The minimum Gasteiger partial charge on any atom is -0.475 e. The maximum atomic E-state index is 12.4. The second kappa shape index (κ2) is 12.9. The summed E-state index contributed by atoms with van der Waals surface area (Å²) in [4.78, 5) is 19.8. The Bertz CT molecular complexity index is 1390. The second-order valence-electron chi connectivity index (χ2n) is 7.83. The molecule has 0 bridgehead atoms. The number of carboxylic acids is 1. The molecule has 1 saturated heterocycles. The highest BCUT2D eigenvalue weighted by atomic mass is 35.5. The van der Waals surface area contributed by atoms with Crippen molar-refractivity contribution in [3.05, 3.63) is 59.9 Å². The van der Waals surface area contributed by atoms with E-state index < -0.39 is 22.2 Å². The van der Waals surface area contributed by atoms with Crippen LogP contribution in [0.4, 0.5) is 41.9 Å². The summed E-state index contributed by atoms with van der Waals surface area (Å²) in [6.07, 6.45) is -3.65. The van der Waals surface area contributed by atoms with Crippen LogP contribution in [0.15, 0.2) is 59.8 Å². The quantitative estimate of drug-likeness (QED) is 0.319. The zero-order valence-corrected chi connectivity index (χ0v) is 21.9. The Morgan fingerprint density at radius 3 is 2.18 bits per heavy atom. The van der Waals surface area contributed by atoms with Crippen LogP contribution in [0, 0.1) is 0 Å². The van der Waals surface area contributed by atoms with Crippen molar-refractivity contribution < 1.29 is 36.2 Å². The van der Waals surface area contributed by atoms with Crippen molar-refractivity contribution in [2.24, 2.45) is 0 Å². The summed E-state index contributed by atoms with van der Waals surface area (Å²) in [5.74, 6) is -1.66. The third kappa shape index (κ3) is 8.68. The molecule has 0 amide bonds.